The Bertz CT molecular complexity index is 435. The molecule has 0 fully saturated rings. The van der Waals surface area contributed by atoms with Gasteiger partial charge in [0.1, 0.15) is 5.75 Å². The van der Waals surface area contributed by atoms with E-state index in [9.17, 15) is 4.79 Å². The highest BCUT2D eigenvalue weighted by atomic mass is 35.5. The number of nitrogens with one attached hydrogen (secondary N) is 2. The van der Waals surface area contributed by atoms with E-state index in [2.05, 4.69) is 24.5 Å². The summed E-state index contributed by atoms with van der Waals surface area (Å²) in [7, 11) is 1.59. The molecule has 0 aliphatic heterocycles. The number of likely N-dealkylation sites (N-methyl/N-ethyl adjacent to an activating group) is 1. The molecule has 1 unspecified atom stereocenters. The normalized spacial score (nSPS) is 12.3. The van der Waals surface area contributed by atoms with E-state index in [1.807, 2.05) is 6.07 Å². The minimum atomic E-state index is -0.538. The molecule has 1 aromatic rings. The van der Waals surface area contributed by atoms with Crippen molar-refractivity contribution in [3.63, 3.8) is 0 Å². The van der Waals surface area contributed by atoms with Crippen LogP contribution in [-0.2, 0) is 11.3 Å². The minimum Gasteiger partial charge on any atom is -0.481 e. The van der Waals surface area contributed by atoms with Gasteiger partial charge in [0.2, 0.25) is 0 Å². The molecule has 0 aliphatic carbocycles. The van der Waals surface area contributed by atoms with Crippen LogP contribution in [0.25, 0.3) is 0 Å². The van der Waals surface area contributed by atoms with Gasteiger partial charge in [0.15, 0.2) is 6.10 Å². The third-order valence-corrected chi connectivity index (χ3v) is 2.88. The molecule has 0 saturated heterocycles. The lowest BCUT2D eigenvalue weighted by Gasteiger charge is -2.17. The van der Waals surface area contributed by atoms with Crippen LogP contribution in [0.15, 0.2) is 18.2 Å². The molecular weight excluding hydrogens is 264 g/mol. The lowest BCUT2D eigenvalue weighted by atomic mass is 10.2. The minimum absolute atomic E-state index is 0.155. The molecule has 0 heterocycles. The highest BCUT2D eigenvalue weighted by Gasteiger charge is 2.15. The predicted molar refractivity (Wildman–Crippen MR) is 77.6 cm³/mol. The zero-order chi connectivity index (χ0) is 14.4. The Morgan fingerprint density at radius 2 is 2.05 bits per heavy atom. The van der Waals surface area contributed by atoms with Gasteiger partial charge in [-0.1, -0.05) is 25.4 Å². The Morgan fingerprint density at radius 1 is 1.37 bits per heavy atom. The number of carbonyl (C=O) groups is 1. The van der Waals surface area contributed by atoms with Gasteiger partial charge in [-0.25, -0.2) is 0 Å². The molecule has 1 amide bonds. The molecule has 1 aromatic carbocycles. The van der Waals surface area contributed by atoms with Crippen molar-refractivity contribution in [1.82, 2.24) is 10.6 Å². The van der Waals surface area contributed by atoms with Crippen molar-refractivity contribution in [3.8, 4) is 5.75 Å². The summed E-state index contributed by atoms with van der Waals surface area (Å²) < 4.78 is 5.67. The predicted octanol–water partition coefficient (Wildman–Crippen LogP) is 2.35. The molecule has 0 aromatic heterocycles. The van der Waals surface area contributed by atoms with E-state index in [-0.39, 0.29) is 5.91 Å². The van der Waals surface area contributed by atoms with Crippen molar-refractivity contribution in [2.24, 2.45) is 0 Å². The number of rotatable bonds is 6. The summed E-state index contributed by atoms with van der Waals surface area (Å²) in [6.07, 6.45) is -0.538. The SMILES string of the molecule is CNC(=O)C(C)Oc1ccc(Cl)cc1CNC(C)C. The number of amides is 1. The second-order valence-corrected chi connectivity index (χ2v) is 5.10. The molecule has 1 rings (SSSR count). The molecule has 106 valence electrons. The van der Waals surface area contributed by atoms with Gasteiger partial charge in [-0.3, -0.25) is 4.79 Å². The van der Waals surface area contributed by atoms with Crippen LogP contribution in [0.3, 0.4) is 0 Å². The second-order valence-electron chi connectivity index (χ2n) is 4.66. The van der Waals surface area contributed by atoms with E-state index in [1.54, 1.807) is 26.1 Å². The van der Waals surface area contributed by atoms with Crippen LogP contribution in [0.5, 0.6) is 5.75 Å². The van der Waals surface area contributed by atoms with Gasteiger partial charge in [-0.05, 0) is 25.1 Å². The quantitative estimate of drug-likeness (QED) is 0.843. The molecule has 1 atom stereocenters. The summed E-state index contributed by atoms with van der Waals surface area (Å²) in [6, 6.07) is 5.76. The number of benzene rings is 1. The van der Waals surface area contributed by atoms with E-state index >= 15 is 0 Å². The second kappa shape index (κ2) is 7.36. The Morgan fingerprint density at radius 3 is 2.63 bits per heavy atom. The van der Waals surface area contributed by atoms with Gasteiger partial charge in [-0.15, -0.1) is 0 Å². The molecule has 0 aliphatic rings. The van der Waals surface area contributed by atoms with Gasteiger partial charge >= 0.3 is 0 Å². The maximum absolute atomic E-state index is 11.5. The molecule has 2 N–H and O–H groups in total. The van der Waals surface area contributed by atoms with Crippen LogP contribution < -0.4 is 15.4 Å². The first kappa shape index (κ1) is 15.8. The zero-order valence-corrected chi connectivity index (χ0v) is 12.5. The summed E-state index contributed by atoms with van der Waals surface area (Å²) in [5.41, 5.74) is 0.942. The molecule has 5 heteroatoms. The monoisotopic (exact) mass is 284 g/mol. The number of hydrogen-bond acceptors (Lipinski definition) is 3. The first-order valence-electron chi connectivity index (χ1n) is 6.34. The first-order valence-corrected chi connectivity index (χ1v) is 6.72. The van der Waals surface area contributed by atoms with Gasteiger partial charge in [0, 0.05) is 30.2 Å². The van der Waals surface area contributed by atoms with E-state index in [0.29, 0.717) is 23.4 Å². The average Bonchev–Trinajstić information content (AvgIpc) is 2.37. The van der Waals surface area contributed by atoms with E-state index in [0.717, 1.165) is 5.56 Å². The Hall–Kier alpha value is -1.26. The maximum atomic E-state index is 11.5. The van der Waals surface area contributed by atoms with Gasteiger partial charge < -0.3 is 15.4 Å². The third kappa shape index (κ3) is 5.09. The number of hydrogen-bond donors (Lipinski definition) is 2. The van der Waals surface area contributed by atoms with Crippen LogP contribution in [0.2, 0.25) is 5.02 Å². The van der Waals surface area contributed by atoms with Crippen molar-refractivity contribution >= 4 is 17.5 Å². The zero-order valence-electron chi connectivity index (χ0n) is 11.8. The number of carbonyl (C=O) groups excluding carboxylic acids is 1. The van der Waals surface area contributed by atoms with Gasteiger partial charge in [0.05, 0.1) is 0 Å². The smallest absolute Gasteiger partial charge is 0.260 e. The van der Waals surface area contributed by atoms with Crippen LogP contribution in [0, 0.1) is 0 Å². The van der Waals surface area contributed by atoms with Crippen LogP contribution in [0.1, 0.15) is 26.3 Å². The highest BCUT2D eigenvalue weighted by molar-refractivity contribution is 6.30. The molecule has 0 radical (unpaired) electrons. The largest absolute Gasteiger partial charge is 0.481 e. The van der Waals surface area contributed by atoms with Crippen molar-refractivity contribution < 1.29 is 9.53 Å². The summed E-state index contributed by atoms with van der Waals surface area (Å²) in [5, 5.41) is 6.52. The van der Waals surface area contributed by atoms with Crippen molar-refractivity contribution in [1.29, 1.82) is 0 Å². The summed E-state index contributed by atoms with van der Waals surface area (Å²) >= 11 is 6.00. The fraction of sp³-hybridized carbons (Fsp3) is 0.500. The first-order chi connectivity index (χ1) is 8.93. The third-order valence-electron chi connectivity index (χ3n) is 2.64. The van der Waals surface area contributed by atoms with Crippen molar-refractivity contribution in [3.05, 3.63) is 28.8 Å². The van der Waals surface area contributed by atoms with Gasteiger partial charge in [-0.2, -0.15) is 0 Å². The molecular formula is C14H21ClN2O2. The van der Waals surface area contributed by atoms with E-state index in [4.69, 9.17) is 16.3 Å². The van der Waals surface area contributed by atoms with Gasteiger partial charge in [0.25, 0.3) is 5.91 Å². The molecule has 4 nitrogen and oxygen atoms in total. The lowest BCUT2D eigenvalue weighted by Crippen LogP contribution is -2.34. The lowest BCUT2D eigenvalue weighted by molar-refractivity contribution is -0.126. The Kier molecular flexibility index (Phi) is 6.12. The fourth-order valence-electron chi connectivity index (χ4n) is 1.56. The number of ether oxygens (including phenoxy) is 1. The van der Waals surface area contributed by atoms with Crippen molar-refractivity contribution in [2.75, 3.05) is 7.05 Å². The molecule has 0 spiro atoms. The molecule has 0 saturated carbocycles. The average molecular weight is 285 g/mol. The van der Waals surface area contributed by atoms with E-state index in [1.165, 1.54) is 0 Å². The summed E-state index contributed by atoms with van der Waals surface area (Å²) in [4.78, 5) is 11.5. The summed E-state index contributed by atoms with van der Waals surface area (Å²) in [6.45, 7) is 6.50. The van der Waals surface area contributed by atoms with Crippen LogP contribution >= 0.6 is 11.6 Å². The summed E-state index contributed by atoms with van der Waals surface area (Å²) in [5.74, 6) is 0.520. The number of halogens is 1. The molecule has 19 heavy (non-hydrogen) atoms. The Balaban J connectivity index is 2.84. The van der Waals surface area contributed by atoms with Crippen LogP contribution in [0.4, 0.5) is 0 Å². The van der Waals surface area contributed by atoms with Crippen LogP contribution in [-0.4, -0.2) is 25.1 Å². The standard InChI is InChI=1S/C14H21ClN2O2/c1-9(2)17-8-11-7-12(15)5-6-13(11)19-10(3)14(18)16-4/h5-7,9-10,17H,8H2,1-4H3,(H,16,18). The maximum Gasteiger partial charge on any atom is 0.260 e. The van der Waals surface area contributed by atoms with Crippen molar-refractivity contribution in [2.45, 2.75) is 39.5 Å². The fourth-order valence-corrected chi connectivity index (χ4v) is 1.76. The van der Waals surface area contributed by atoms with E-state index < -0.39 is 6.10 Å². The molecule has 0 bridgehead atoms. The Labute approximate surface area is 119 Å². The topological polar surface area (TPSA) is 50.4 Å². The highest BCUT2D eigenvalue weighted by Crippen LogP contribution is 2.24.